The van der Waals surface area contributed by atoms with Gasteiger partial charge in [-0.2, -0.15) is 0 Å². The average Bonchev–Trinajstić information content (AvgIpc) is 2.32. The Bertz CT molecular complexity index is 393. The SMILES string of the molecule is CCCCCN(C)C(=O)c1ccc(N)c(Br)c1. The third kappa shape index (κ3) is 4.04. The Labute approximate surface area is 111 Å². The Balaban J connectivity index is 2.65. The van der Waals surface area contributed by atoms with Gasteiger partial charge in [0.15, 0.2) is 0 Å². The number of benzene rings is 1. The zero-order valence-electron chi connectivity index (χ0n) is 10.4. The van der Waals surface area contributed by atoms with E-state index in [9.17, 15) is 4.79 Å². The molecule has 1 aromatic carbocycles. The second-order valence-electron chi connectivity index (χ2n) is 4.17. The lowest BCUT2D eigenvalue weighted by atomic mass is 10.1. The molecule has 1 aromatic rings. The zero-order chi connectivity index (χ0) is 12.8. The molecule has 0 saturated heterocycles. The van der Waals surface area contributed by atoms with Gasteiger partial charge in [0.05, 0.1) is 0 Å². The number of carbonyl (C=O) groups excluding carboxylic acids is 1. The van der Waals surface area contributed by atoms with Gasteiger partial charge in [0.25, 0.3) is 5.91 Å². The van der Waals surface area contributed by atoms with E-state index in [0.717, 1.165) is 30.3 Å². The maximum Gasteiger partial charge on any atom is 0.253 e. The topological polar surface area (TPSA) is 46.3 Å². The smallest absolute Gasteiger partial charge is 0.253 e. The maximum atomic E-state index is 12.1. The highest BCUT2D eigenvalue weighted by molar-refractivity contribution is 9.10. The Kier molecular flexibility index (Phi) is 5.48. The van der Waals surface area contributed by atoms with E-state index in [1.165, 1.54) is 0 Å². The second kappa shape index (κ2) is 6.64. The van der Waals surface area contributed by atoms with Gasteiger partial charge in [0, 0.05) is 29.3 Å². The molecule has 0 saturated carbocycles. The predicted molar refractivity (Wildman–Crippen MR) is 75.0 cm³/mol. The molecule has 0 heterocycles. The maximum absolute atomic E-state index is 12.1. The molecule has 0 aliphatic heterocycles. The summed E-state index contributed by atoms with van der Waals surface area (Å²) in [6, 6.07) is 5.28. The number of nitrogens with zero attached hydrogens (tertiary/aromatic N) is 1. The first-order valence-corrected chi connectivity index (χ1v) is 6.66. The molecule has 2 N–H and O–H groups in total. The van der Waals surface area contributed by atoms with Crippen LogP contribution in [0.3, 0.4) is 0 Å². The van der Waals surface area contributed by atoms with Crippen molar-refractivity contribution in [2.45, 2.75) is 26.2 Å². The average molecular weight is 299 g/mol. The first-order chi connectivity index (χ1) is 8.06. The number of hydrogen-bond acceptors (Lipinski definition) is 2. The Morgan fingerprint density at radius 1 is 1.41 bits per heavy atom. The van der Waals surface area contributed by atoms with Gasteiger partial charge in [-0.1, -0.05) is 19.8 Å². The fourth-order valence-electron chi connectivity index (χ4n) is 1.58. The van der Waals surface area contributed by atoms with Crippen molar-refractivity contribution in [1.29, 1.82) is 0 Å². The van der Waals surface area contributed by atoms with E-state index < -0.39 is 0 Å². The monoisotopic (exact) mass is 298 g/mol. The Morgan fingerprint density at radius 2 is 2.12 bits per heavy atom. The summed E-state index contributed by atoms with van der Waals surface area (Å²) in [5.74, 6) is 0.0433. The number of amides is 1. The number of nitrogens with two attached hydrogens (primary N) is 1. The van der Waals surface area contributed by atoms with Crippen molar-refractivity contribution in [3.8, 4) is 0 Å². The van der Waals surface area contributed by atoms with E-state index in [4.69, 9.17) is 5.73 Å². The number of rotatable bonds is 5. The highest BCUT2D eigenvalue weighted by Crippen LogP contribution is 2.21. The number of anilines is 1. The van der Waals surface area contributed by atoms with Gasteiger partial charge in [0.1, 0.15) is 0 Å². The molecule has 17 heavy (non-hydrogen) atoms. The third-order valence-electron chi connectivity index (χ3n) is 2.69. The normalized spacial score (nSPS) is 10.3. The van der Waals surface area contributed by atoms with E-state index in [1.54, 1.807) is 23.1 Å². The molecular weight excluding hydrogens is 280 g/mol. The third-order valence-corrected chi connectivity index (χ3v) is 3.38. The largest absolute Gasteiger partial charge is 0.398 e. The molecule has 0 fully saturated rings. The molecule has 0 radical (unpaired) electrons. The van der Waals surface area contributed by atoms with Crippen LogP contribution < -0.4 is 5.73 Å². The van der Waals surface area contributed by atoms with Crippen molar-refractivity contribution >= 4 is 27.5 Å². The predicted octanol–water partition coefficient (Wildman–Crippen LogP) is 3.29. The van der Waals surface area contributed by atoms with Gasteiger partial charge < -0.3 is 10.6 Å². The summed E-state index contributed by atoms with van der Waals surface area (Å²) in [7, 11) is 1.84. The molecule has 3 nitrogen and oxygen atoms in total. The van der Waals surface area contributed by atoms with Crippen LogP contribution in [0.1, 0.15) is 36.5 Å². The molecule has 0 aromatic heterocycles. The Hall–Kier alpha value is -1.03. The number of nitrogen functional groups attached to an aromatic ring is 1. The number of hydrogen-bond donors (Lipinski definition) is 1. The van der Waals surface area contributed by atoms with Crippen molar-refractivity contribution in [3.63, 3.8) is 0 Å². The van der Waals surface area contributed by atoms with Crippen LogP contribution in [-0.2, 0) is 0 Å². The van der Waals surface area contributed by atoms with Crippen LogP contribution in [-0.4, -0.2) is 24.4 Å². The molecule has 0 aliphatic carbocycles. The van der Waals surface area contributed by atoms with E-state index >= 15 is 0 Å². The second-order valence-corrected chi connectivity index (χ2v) is 5.02. The van der Waals surface area contributed by atoms with Crippen LogP contribution in [0.25, 0.3) is 0 Å². The lowest BCUT2D eigenvalue weighted by molar-refractivity contribution is 0.0792. The summed E-state index contributed by atoms with van der Waals surface area (Å²) in [6.45, 7) is 2.95. The Morgan fingerprint density at radius 3 is 2.71 bits per heavy atom. The van der Waals surface area contributed by atoms with Gasteiger partial charge in [0.2, 0.25) is 0 Å². The molecule has 0 atom stereocenters. The lowest BCUT2D eigenvalue weighted by Gasteiger charge is -2.17. The molecule has 4 heteroatoms. The first kappa shape index (κ1) is 14.0. The van der Waals surface area contributed by atoms with E-state index in [2.05, 4.69) is 22.9 Å². The van der Waals surface area contributed by atoms with E-state index in [1.807, 2.05) is 7.05 Å². The van der Waals surface area contributed by atoms with Gasteiger partial charge in [-0.25, -0.2) is 0 Å². The number of carbonyl (C=O) groups is 1. The molecular formula is C13H19BrN2O. The van der Waals surface area contributed by atoms with Crippen LogP contribution >= 0.6 is 15.9 Å². The van der Waals surface area contributed by atoms with E-state index in [-0.39, 0.29) is 5.91 Å². The van der Waals surface area contributed by atoms with Gasteiger partial charge in [-0.15, -0.1) is 0 Å². The van der Waals surface area contributed by atoms with E-state index in [0.29, 0.717) is 11.3 Å². The molecule has 0 aliphatic rings. The quantitative estimate of drug-likeness (QED) is 0.670. The minimum absolute atomic E-state index is 0.0433. The van der Waals surface area contributed by atoms with Crippen LogP contribution in [0.5, 0.6) is 0 Å². The number of unbranched alkanes of at least 4 members (excludes halogenated alkanes) is 2. The fraction of sp³-hybridized carbons (Fsp3) is 0.462. The molecule has 0 unspecified atom stereocenters. The zero-order valence-corrected chi connectivity index (χ0v) is 12.0. The summed E-state index contributed by atoms with van der Waals surface area (Å²) >= 11 is 3.33. The lowest BCUT2D eigenvalue weighted by Crippen LogP contribution is -2.27. The molecule has 1 rings (SSSR count). The van der Waals surface area contributed by atoms with Crippen molar-refractivity contribution in [2.75, 3.05) is 19.3 Å². The fourth-order valence-corrected chi connectivity index (χ4v) is 1.96. The highest BCUT2D eigenvalue weighted by Gasteiger charge is 2.12. The standard InChI is InChI=1S/C13H19BrN2O/c1-3-4-5-8-16(2)13(17)10-6-7-12(15)11(14)9-10/h6-7,9H,3-5,8,15H2,1-2H3. The molecule has 94 valence electrons. The van der Waals surface area contributed by atoms with Gasteiger partial charge in [-0.05, 0) is 40.5 Å². The molecule has 1 amide bonds. The summed E-state index contributed by atoms with van der Waals surface area (Å²) in [5.41, 5.74) is 7.01. The summed E-state index contributed by atoms with van der Waals surface area (Å²) in [6.07, 6.45) is 3.37. The number of halogens is 1. The van der Waals surface area contributed by atoms with Crippen molar-refractivity contribution in [3.05, 3.63) is 28.2 Å². The molecule has 0 spiro atoms. The minimum Gasteiger partial charge on any atom is -0.398 e. The van der Waals surface area contributed by atoms with Crippen molar-refractivity contribution < 1.29 is 4.79 Å². The summed E-state index contributed by atoms with van der Waals surface area (Å²) in [5, 5.41) is 0. The van der Waals surface area contributed by atoms with Gasteiger partial charge >= 0.3 is 0 Å². The minimum atomic E-state index is 0.0433. The van der Waals surface area contributed by atoms with Crippen LogP contribution in [0, 0.1) is 0 Å². The first-order valence-electron chi connectivity index (χ1n) is 5.86. The van der Waals surface area contributed by atoms with Crippen LogP contribution in [0.4, 0.5) is 5.69 Å². The van der Waals surface area contributed by atoms with Crippen LogP contribution in [0.2, 0.25) is 0 Å². The summed E-state index contributed by atoms with van der Waals surface area (Å²) < 4.78 is 0.769. The van der Waals surface area contributed by atoms with Gasteiger partial charge in [-0.3, -0.25) is 4.79 Å². The summed E-state index contributed by atoms with van der Waals surface area (Å²) in [4.78, 5) is 13.8. The van der Waals surface area contributed by atoms with Crippen molar-refractivity contribution in [1.82, 2.24) is 4.90 Å². The highest BCUT2D eigenvalue weighted by atomic mass is 79.9. The molecule has 0 bridgehead atoms. The van der Waals surface area contributed by atoms with Crippen molar-refractivity contribution in [2.24, 2.45) is 0 Å². The van der Waals surface area contributed by atoms with Crippen LogP contribution in [0.15, 0.2) is 22.7 Å².